The summed E-state index contributed by atoms with van der Waals surface area (Å²) in [5.41, 5.74) is 0.229. The standard InChI is InChI=1S/C18H28O2/c1-5-18(4,20-17(19)11(2)3)16-14-7-12-6-13(9-14)10-15(16)8-12/h12-16H,2,5-10H2,1,3-4H3. The van der Waals surface area contributed by atoms with Crippen molar-refractivity contribution >= 4 is 5.97 Å². The number of ether oxygens (including phenoxy) is 1. The van der Waals surface area contributed by atoms with Crippen molar-refractivity contribution in [1.29, 1.82) is 0 Å². The molecule has 4 rings (SSSR count). The van der Waals surface area contributed by atoms with E-state index in [1.165, 1.54) is 32.1 Å². The molecule has 112 valence electrons. The van der Waals surface area contributed by atoms with E-state index in [4.69, 9.17) is 4.74 Å². The van der Waals surface area contributed by atoms with Gasteiger partial charge in [0.25, 0.3) is 0 Å². The lowest BCUT2D eigenvalue weighted by Gasteiger charge is -2.58. The van der Waals surface area contributed by atoms with Gasteiger partial charge in [-0.05, 0) is 76.0 Å². The lowest BCUT2D eigenvalue weighted by molar-refractivity contribution is -0.181. The average Bonchev–Trinajstić information content (AvgIpc) is 2.37. The second kappa shape index (κ2) is 4.89. The van der Waals surface area contributed by atoms with E-state index < -0.39 is 0 Å². The number of carbonyl (C=O) groups is 1. The highest BCUT2D eigenvalue weighted by molar-refractivity contribution is 5.87. The molecular formula is C18H28O2. The predicted molar refractivity (Wildman–Crippen MR) is 80.1 cm³/mol. The van der Waals surface area contributed by atoms with Crippen molar-refractivity contribution in [1.82, 2.24) is 0 Å². The largest absolute Gasteiger partial charge is 0.456 e. The number of esters is 1. The molecule has 0 heterocycles. The normalized spacial score (nSPS) is 41.2. The Labute approximate surface area is 123 Å². The van der Waals surface area contributed by atoms with Gasteiger partial charge in [-0.25, -0.2) is 4.79 Å². The van der Waals surface area contributed by atoms with Crippen LogP contribution in [0.3, 0.4) is 0 Å². The van der Waals surface area contributed by atoms with Crippen LogP contribution in [0.25, 0.3) is 0 Å². The van der Waals surface area contributed by atoms with Crippen LogP contribution in [0, 0.1) is 29.6 Å². The van der Waals surface area contributed by atoms with Crippen LogP contribution < -0.4 is 0 Å². The first kappa shape index (κ1) is 14.2. The summed E-state index contributed by atoms with van der Waals surface area (Å²) in [6.45, 7) is 9.81. The van der Waals surface area contributed by atoms with Crippen molar-refractivity contribution in [3.8, 4) is 0 Å². The highest BCUT2D eigenvalue weighted by Crippen LogP contribution is 2.60. The molecule has 0 N–H and O–H groups in total. The Balaban J connectivity index is 1.82. The summed E-state index contributed by atoms with van der Waals surface area (Å²) < 4.78 is 5.94. The maximum Gasteiger partial charge on any atom is 0.333 e. The Morgan fingerprint density at radius 3 is 2.05 bits per heavy atom. The van der Waals surface area contributed by atoms with Crippen LogP contribution in [0.1, 0.15) is 59.3 Å². The molecule has 0 aliphatic heterocycles. The topological polar surface area (TPSA) is 26.3 Å². The maximum atomic E-state index is 12.0. The summed E-state index contributed by atoms with van der Waals surface area (Å²) in [6.07, 6.45) is 7.87. The van der Waals surface area contributed by atoms with Crippen molar-refractivity contribution in [3.63, 3.8) is 0 Å². The molecule has 0 aromatic carbocycles. The summed E-state index contributed by atoms with van der Waals surface area (Å²) in [7, 11) is 0. The third-order valence-corrected chi connectivity index (χ3v) is 6.31. The summed E-state index contributed by atoms with van der Waals surface area (Å²) in [5.74, 6) is 3.87. The molecule has 1 unspecified atom stereocenters. The molecule has 4 saturated carbocycles. The fourth-order valence-electron chi connectivity index (χ4n) is 5.60. The average molecular weight is 276 g/mol. The van der Waals surface area contributed by atoms with Gasteiger partial charge in [0.2, 0.25) is 0 Å². The minimum Gasteiger partial charge on any atom is -0.456 e. The van der Waals surface area contributed by atoms with Gasteiger partial charge in [-0.3, -0.25) is 0 Å². The number of rotatable bonds is 4. The second-order valence-corrected chi connectivity index (χ2v) is 7.79. The van der Waals surface area contributed by atoms with Gasteiger partial charge in [0.05, 0.1) is 0 Å². The first-order valence-electron chi connectivity index (χ1n) is 8.31. The van der Waals surface area contributed by atoms with Gasteiger partial charge >= 0.3 is 5.97 Å². The van der Waals surface area contributed by atoms with Crippen LogP contribution in [-0.2, 0) is 9.53 Å². The van der Waals surface area contributed by atoms with Gasteiger partial charge in [0, 0.05) is 11.5 Å². The zero-order valence-corrected chi connectivity index (χ0v) is 13.2. The van der Waals surface area contributed by atoms with Gasteiger partial charge in [-0.1, -0.05) is 13.5 Å². The number of hydrogen-bond acceptors (Lipinski definition) is 2. The summed E-state index contributed by atoms with van der Waals surface area (Å²) in [5, 5.41) is 0. The summed E-state index contributed by atoms with van der Waals surface area (Å²) >= 11 is 0. The minimum absolute atomic E-state index is 0.205. The fraction of sp³-hybridized carbons (Fsp3) is 0.833. The van der Waals surface area contributed by atoms with Crippen molar-refractivity contribution in [2.75, 3.05) is 0 Å². The number of carbonyl (C=O) groups excluding carboxylic acids is 1. The van der Waals surface area contributed by atoms with E-state index >= 15 is 0 Å². The van der Waals surface area contributed by atoms with Gasteiger partial charge in [0.1, 0.15) is 5.60 Å². The second-order valence-electron chi connectivity index (χ2n) is 7.79. The van der Waals surface area contributed by atoms with Crippen molar-refractivity contribution in [2.45, 2.75) is 64.9 Å². The first-order chi connectivity index (χ1) is 9.43. The Morgan fingerprint density at radius 1 is 1.15 bits per heavy atom. The highest BCUT2D eigenvalue weighted by Gasteiger charge is 2.55. The molecule has 2 nitrogen and oxygen atoms in total. The fourth-order valence-corrected chi connectivity index (χ4v) is 5.60. The molecule has 1 atom stereocenters. The molecule has 4 bridgehead atoms. The van der Waals surface area contributed by atoms with E-state index in [0.717, 1.165) is 30.1 Å². The van der Waals surface area contributed by atoms with Crippen LogP contribution in [-0.4, -0.2) is 11.6 Å². The van der Waals surface area contributed by atoms with Crippen LogP contribution in [0.4, 0.5) is 0 Å². The predicted octanol–water partition coefficient (Wildman–Crippen LogP) is 4.35. The van der Waals surface area contributed by atoms with E-state index in [9.17, 15) is 4.79 Å². The third-order valence-electron chi connectivity index (χ3n) is 6.31. The number of hydrogen-bond donors (Lipinski definition) is 0. The molecule has 0 amide bonds. The lowest BCUT2D eigenvalue weighted by atomic mass is 9.48. The van der Waals surface area contributed by atoms with Crippen molar-refractivity contribution < 1.29 is 9.53 Å². The molecule has 0 radical (unpaired) electrons. The van der Waals surface area contributed by atoms with Crippen LogP contribution in [0.2, 0.25) is 0 Å². The molecule has 4 fully saturated rings. The molecule has 20 heavy (non-hydrogen) atoms. The van der Waals surface area contributed by atoms with E-state index in [-0.39, 0.29) is 11.6 Å². The zero-order chi connectivity index (χ0) is 14.5. The van der Waals surface area contributed by atoms with Gasteiger partial charge in [0.15, 0.2) is 0 Å². The first-order valence-corrected chi connectivity index (χ1v) is 8.31. The van der Waals surface area contributed by atoms with E-state index in [2.05, 4.69) is 20.4 Å². The molecule has 4 aliphatic carbocycles. The SMILES string of the molecule is C=C(C)C(=O)OC(C)(CC)C1C2CC3CC(C2)CC1C3. The van der Waals surface area contributed by atoms with Gasteiger partial charge in [-0.2, -0.15) is 0 Å². The highest BCUT2D eigenvalue weighted by atomic mass is 16.6. The van der Waals surface area contributed by atoms with Crippen LogP contribution in [0.15, 0.2) is 12.2 Å². The summed E-state index contributed by atoms with van der Waals surface area (Å²) in [4.78, 5) is 12.0. The quantitative estimate of drug-likeness (QED) is 0.564. The molecule has 0 saturated heterocycles. The molecule has 0 spiro atoms. The van der Waals surface area contributed by atoms with Crippen molar-refractivity contribution in [3.05, 3.63) is 12.2 Å². The van der Waals surface area contributed by atoms with Gasteiger partial charge < -0.3 is 4.74 Å². The Kier molecular flexibility index (Phi) is 3.46. The smallest absolute Gasteiger partial charge is 0.333 e. The minimum atomic E-state index is -0.293. The Morgan fingerprint density at radius 2 is 1.65 bits per heavy atom. The third kappa shape index (κ3) is 2.21. The monoisotopic (exact) mass is 276 g/mol. The van der Waals surface area contributed by atoms with Crippen molar-refractivity contribution in [2.24, 2.45) is 29.6 Å². The Hall–Kier alpha value is -0.790. The lowest BCUT2D eigenvalue weighted by Crippen LogP contribution is -2.55. The van der Waals surface area contributed by atoms with Crippen LogP contribution >= 0.6 is 0 Å². The van der Waals surface area contributed by atoms with Crippen LogP contribution in [0.5, 0.6) is 0 Å². The molecule has 2 heteroatoms. The van der Waals surface area contributed by atoms with E-state index in [0.29, 0.717) is 11.5 Å². The Bertz CT molecular complexity index is 397. The van der Waals surface area contributed by atoms with E-state index in [1.54, 1.807) is 6.92 Å². The molecule has 0 aromatic rings. The zero-order valence-electron chi connectivity index (χ0n) is 13.2. The van der Waals surface area contributed by atoms with E-state index in [1.807, 2.05) is 0 Å². The van der Waals surface area contributed by atoms with Gasteiger partial charge in [-0.15, -0.1) is 0 Å². The molecular weight excluding hydrogens is 248 g/mol. The molecule has 4 aliphatic rings. The summed E-state index contributed by atoms with van der Waals surface area (Å²) in [6, 6.07) is 0. The molecule has 0 aromatic heterocycles. The maximum absolute atomic E-state index is 12.0.